The molecule has 1 saturated heterocycles. The minimum atomic E-state index is -0.821. The number of carbonyl (C=O) groups excluding carboxylic acids is 2. The number of ketones is 1. The summed E-state index contributed by atoms with van der Waals surface area (Å²) >= 11 is 0. The molecule has 3 aromatic rings. The van der Waals surface area contributed by atoms with E-state index >= 15 is 0 Å². The lowest BCUT2D eigenvalue weighted by atomic mass is 9.94. The number of aliphatic hydroxyl groups is 1. The zero-order valence-electron chi connectivity index (χ0n) is 21.1. The van der Waals surface area contributed by atoms with Gasteiger partial charge in [-0.3, -0.25) is 9.59 Å². The molecule has 0 spiro atoms. The Morgan fingerprint density at radius 3 is 2.39 bits per heavy atom. The fourth-order valence-corrected chi connectivity index (χ4v) is 4.42. The number of amides is 1. The van der Waals surface area contributed by atoms with Crippen molar-refractivity contribution in [3.8, 4) is 5.75 Å². The smallest absolute Gasteiger partial charge is 0.295 e. The van der Waals surface area contributed by atoms with Crippen LogP contribution in [-0.4, -0.2) is 27.3 Å². The first-order chi connectivity index (χ1) is 17.0. The molecule has 1 unspecified atom stereocenters. The number of benzene rings is 3. The van der Waals surface area contributed by atoms with Crippen molar-refractivity contribution in [3.05, 3.63) is 106 Å². The summed E-state index contributed by atoms with van der Waals surface area (Å²) in [5.41, 5.74) is 2.52. The zero-order chi connectivity index (χ0) is 26.2. The summed E-state index contributed by atoms with van der Waals surface area (Å²) in [4.78, 5) is 28.2. The lowest BCUT2D eigenvalue weighted by molar-refractivity contribution is -0.140. The topological polar surface area (TPSA) is 66.8 Å². The van der Waals surface area contributed by atoms with Crippen molar-refractivity contribution in [1.29, 1.82) is 0 Å². The molecule has 36 heavy (non-hydrogen) atoms. The number of carbonyl (C=O) groups is 2. The second-order valence-electron chi connectivity index (χ2n) is 10.1. The summed E-state index contributed by atoms with van der Waals surface area (Å²) in [5.74, 6) is -1.63. The Balaban J connectivity index is 1.86. The minimum Gasteiger partial charge on any atom is -0.507 e. The Kier molecular flexibility index (Phi) is 6.72. The van der Waals surface area contributed by atoms with Crippen LogP contribution in [0.15, 0.2) is 72.3 Å². The lowest BCUT2D eigenvalue weighted by Crippen LogP contribution is -2.30. The molecule has 1 fully saturated rings. The normalized spacial score (nSPS) is 17.5. The number of nitrogens with zero attached hydrogens (tertiary/aromatic N) is 1. The van der Waals surface area contributed by atoms with Gasteiger partial charge in [-0.25, -0.2) is 4.39 Å². The first-order valence-corrected chi connectivity index (χ1v) is 11.8. The van der Waals surface area contributed by atoms with Crippen molar-refractivity contribution in [3.63, 3.8) is 0 Å². The molecule has 0 aromatic heterocycles. The van der Waals surface area contributed by atoms with E-state index in [1.807, 2.05) is 76.2 Å². The number of ether oxygens (including phenoxy) is 1. The number of rotatable bonds is 5. The van der Waals surface area contributed by atoms with Gasteiger partial charge in [0.05, 0.1) is 18.2 Å². The molecule has 5 nitrogen and oxygen atoms in total. The zero-order valence-corrected chi connectivity index (χ0v) is 21.1. The highest BCUT2D eigenvalue weighted by atomic mass is 19.1. The predicted octanol–water partition coefficient (Wildman–Crippen LogP) is 6.24. The summed E-state index contributed by atoms with van der Waals surface area (Å²) in [6, 6.07) is 18.2. The molecule has 6 heteroatoms. The number of para-hydroxylation sites is 1. The quantitative estimate of drug-likeness (QED) is 0.263. The highest BCUT2D eigenvalue weighted by Crippen LogP contribution is 2.41. The molecule has 1 aliphatic heterocycles. The molecule has 1 atom stereocenters. The average molecular weight is 488 g/mol. The fourth-order valence-electron chi connectivity index (χ4n) is 4.42. The molecule has 0 radical (unpaired) electrons. The van der Waals surface area contributed by atoms with Gasteiger partial charge in [-0.2, -0.15) is 0 Å². The number of Topliss-reactive ketones (excluding diaryl/α,β-unsaturated/α-hetero) is 1. The third kappa shape index (κ3) is 5.03. The lowest BCUT2D eigenvalue weighted by Gasteiger charge is -2.28. The standard InChI is InChI=1S/C30H30FNO4/c1-18-9-8-11-20(15-18)26-25(27(33)21-13-14-23(31)19(2)16-21)28(34)29(35)32(26)17-22-10-6-7-12-24(22)36-30(3,4)5/h6-16,26,33H,17H2,1-5H3/b27-25-. The van der Waals surface area contributed by atoms with E-state index in [4.69, 9.17) is 4.74 Å². The third-order valence-corrected chi connectivity index (χ3v) is 6.06. The van der Waals surface area contributed by atoms with Gasteiger partial charge in [-0.15, -0.1) is 0 Å². The molecular formula is C30H30FNO4. The van der Waals surface area contributed by atoms with Gasteiger partial charge in [-0.1, -0.05) is 48.0 Å². The largest absolute Gasteiger partial charge is 0.507 e. The van der Waals surface area contributed by atoms with Crippen molar-refractivity contribution in [2.24, 2.45) is 0 Å². The molecule has 4 rings (SSSR count). The van der Waals surface area contributed by atoms with E-state index in [-0.39, 0.29) is 23.4 Å². The number of aryl methyl sites for hydroxylation is 2. The van der Waals surface area contributed by atoms with Crippen LogP contribution in [0.4, 0.5) is 4.39 Å². The van der Waals surface area contributed by atoms with Gasteiger partial charge in [0, 0.05) is 11.1 Å². The predicted molar refractivity (Wildman–Crippen MR) is 137 cm³/mol. The van der Waals surface area contributed by atoms with Gasteiger partial charge in [0.25, 0.3) is 11.7 Å². The summed E-state index contributed by atoms with van der Waals surface area (Å²) in [6.45, 7) is 9.42. The van der Waals surface area contributed by atoms with Crippen LogP contribution < -0.4 is 4.74 Å². The van der Waals surface area contributed by atoms with Gasteiger partial charge in [0.1, 0.15) is 22.9 Å². The SMILES string of the molecule is Cc1cccc(C2/C(=C(/O)c3ccc(F)c(C)c3)C(=O)C(=O)N2Cc2ccccc2OC(C)(C)C)c1. The van der Waals surface area contributed by atoms with Crippen molar-refractivity contribution in [2.75, 3.05) is 0 Å². The maximum Gasteiger partial charge on any atom is 0.295 e. The van der Waals surface area contributed by atoms with Crippen molar-refractivity contribution >= 4 is 17.4 Å². The van der Waals surface area contributed by atoms with Crippen molar-refractivity contribution in [2.45, 2.75) is 52.8 Å². The maximum absolute atomic E-state index is 13.9. The Hall–Kier alpha value is -3.93. The number of halogens is 1. The summed E-state index contributed by atoms with van der Waals surface area (Å²) in [7, 11) is 0. The number of hydrogen-bond acceptors (Lipinski definition) is 4. The van der Waals surface area contributed by atoms with E-state index in [2.05, 4.69) is 0 Å². The summed E-state index contributed by atoms with van der Waals surface area (Å²) in [5, 5.41) is 11.2. The van der Waals surface area contributed by atoms with E-state index in [9.17, 15) is 19.1 Å². The van der Waals surface area contributed by atoms with Crippen LogP contribution in [-0.2, 0) is 16.1 Å². The molecule has 1 N–H and O–H groups in total. The molecule has 1 amide bonds. The Labute approximate surface area is 210 Å². The molecule has 186 valence electrons. The number of hydrogen-bond donors (Lipinski definition) is 1. The van der Waals surface area contributed by atoms with E-state index in [1.165, 1.54) is 23.1 Å². The maximum atomic E-state index is 13.9. The van der Waals surface area contributed by atoms with E-state index < -0.39 is 29.2 Å². The van der Waals surface area contributed by atoms with Gasteiger partial charge in [0.2, 0.25) is 0 Å². The molecule has 3 aromatic carbocycles. The molecule has 0 aliphatic carbocycles. The molecule has 1 aliphatic rings. The van der Waals surface area contributed by atoms with Crippen LogP contribution in [0.2, 0.25) is 0 Å². The second-order valence-corrected chi connectivity index (χ2v) is 10.1. The molecule has 1 heterocycles. The fraction of sp³-hybridized carbons (Fsp3) is 0.267. The Morgan fingerprint density at radius 1 is 1.00 bits per heavy atom. The molecule has 0 bridgehead atoms. The van der Waals surface area contributed by atoms with Crippen LogP contribution in [0.25, 0.3) is 5.76 Å². The highest BCUT2D eigenvalue weighted by Gasteiger charge is 2.46. The van der Waals surface area contributed by atoms with Gasteiger partial charge >= 0.3 is 0 Å². The van der Waals surface area contributed by atoms with E-state index in [0.29, 0.717) is 16.9 Å². The van der Waals surface area contributed by atoms with E-state index in [0.717, 1.165) is 11.1 Å². The minimum absolute atomic E-state index is 0.0224. The van der Waals surface area contributed by atoms with E-state index in [1.54, 1.807) is 6.92 Å². The van der Waals surface area contributed by atoms with Crippen LogP contribution in [0.3, 0.4) is 0 Å². The average Bonchev–Trinajstić information content (AvgIpc) is 3.05. The third-order valence-electron chi connectivity index (χ3n) is 6.06. The first-order valence-electron chi connectivity index (χ1n) is 11.8. The van der Waals surface area contributed by atoms with Crippen LogP contribution in [0.5, 0.6) is 5.75 Å². The molecule has 0 saturated carbocycles. The highest BCUT2D eigenvalue weighted by molar-refractivity contribution is 6.46. The number of aliphatic hydroxyl groups excluding tert-OH is 1. The monoisotopic (exact) mass is 487 g/mol. The summed E-state index contributed by atoms with van der Waals surface area (Å²) < 4.78 is 20.0. The van der Waals surface area contributed by atoms with Gasteiger partial charge < -0.3 is 14.7 Å². The first kappa shape index (κ1) is 25.2. The molecular weight excluding hydrogens is 457 g/mol. The van der Waals surface area contributed by atoms with Crippen LogP contribution in [0.1, 0.15) is 54.6 Å². The summed E-state index contributed by atoms with van der Waals surface area (Å²) in [6.07, 6.45) is 0. The van der Waals surface area contributed by atoms with Crippen LogP contribution in [0, 0.1) is 19.7 Å². The Bertz CT molecular complexity index is 1370. The van der Waals surface area contributed by atoms with Crippen molar-refractivity contribution < 1.29 is 23.8 Å². The van der Waals surface area contributed by atoms with Gasteiger partial charge in [-0.05, 0) is 70.0 Å². The van der Waals surface area contributed by atoms with Gasteiger partial charge in [0.15, 0.2) is 0 Å². The Morgan fingerprint density at radius 2 is 1.72 bits per heavy atom. The van der Waals surface area contributed by atoms with Crippen molar-refractivity contribution in [1.82, 2.24) is 4.90 Å². The second kappa shape index (κ2) is 9.61. The van der Waals surface area contributed by atoms with Crippen LogP contribution >= 0.6 is 0 Å². The number of likely N-dealkylation sites (tertiary alicyclic amines) is 1.